The molecule has 180 valence electrons. The second-order valence-corrected chi connectivity index (χ2v) is 9.26. The SMILES string of the molecule is CCNC(=NCc1cccc(OC)c1OC1CCCC1)NCC(C)CN1CCN(C)CC1. The summed E-state index contributed by atoms with van der Waals surface area (Å²) in [6, 6.07) is 6.08. The average Bonchev–Trinajstić information content (AvgIpc) is 3.31. The van der Waals surface area contributed by atoms with Crippen LogP contribution in [0.5, 0.6) is 11.5 Å². The zero-order chi connectivity index (χ0) is 22.8. The number of hydrogen-bond acceptors (Lipinski definition) is 5. The Bertz CT molecular complexity index is 712. The molecule has 1 aromatic rings. The molecule has 3 rings (SSSR count). The predicted octanol–water partition coefficient (Wildman–Crippen LogP) is 2.96. The third-order valence-electron chi connectivity index (χ3n) is 6.40. The Hall–Kier alpha value is -1.99. The summed E-state index contributed by atoms with van der Waals surface area (Å²) < 4.78 is 12.0. The number of likely N-dealkylation sites (N-methyl/N-ethyl adjacent to an activating group) is 1. The van der Waals surface area contributed by atoms with E-state index in [2.05, 4.69) is 47.4 Å². The van der Waals surface area contributed by atoms with E-state index in [0.717, 1.165) is 81.7 Å². The second-order valence-electron chi connectivity index (χ2n) is 9.26. The average molecular weight is 446 g/mol. The maximum absolute atomic E-state index is 6.37. The number of nitrogens with one attached hydrogen (secondary N) is 2. The van der Waals surface area contributed by atoms with Crippen molar-refractivity contribution in [3.8, 4) is 11.5 Å². The van der Waals surface area contributed by atoms with E-state index in [-0.39, 0.29) is 6.10 Å². The van der Waals surface area contributed by atoms with Crippen LogP contribution in [0.1, 0.15) is 45.1 Å². The van der Waals surface area contributed by atoms with Crippen molar-refractivity contribution in [3.63, 3.8) is 0 Å². The van der Waals surface area contributed by atoms with Crippen molar-refractivity contribution >= 4 is 5.96 Å². The van der Waals surface area contributed by atoms with E-state index in [9.17, 15) is 0 Å². The minimum Gasteiger partial charge on any atom is -0.493 e. The van der Waals surface area contributed by atoms with Crippen LogP contribution in [-0.2, 0) is 6.54 Å². The van der Waals surface area contributed by atoms with E-state index < -0.39 is 0 Å². The van der Waals surface area contributed by atoms with Crippen molar-refractivity contribution in [1.82, 2.24) is 20.4 Å². The highest BCUT2D eigenvalue weighted by atomic mass is 16.5. The molecule has 7 heteroatoms. The molecule has 2 N–H and O–H groups in total. The first kappa shape index (κ1) is 24.6. The quantitative estimate of drug-likeness (QED) is 0.427. The molecule has 2 fully saturated rings. The lowest BCUT2D eigenvalue weighted by Crippen LogP contribution is -2.47. The van der Waals surface area contributed by atoms with Crippen LogP contribution in [0.4, 0.5) is 0 Å². The Morgan fingerprint density at radius 2 is 1.91 bits per heavy atom. The topological polar surface area (TPSA) is 61.4 Å². The summed E-state index contributed by atoms with van der Waals surface area (Å²) in [6.45, 7) is 12.5. The maximum atomic E-state index is 6.37. The van der Waals surface area contributed by atoms with Gasteiger partial charge in [0.05, 0.1) is 19.8 Å². The summed E-state index contributed by atoms with van der Waals surface area (Å²) in [5, 5.41) is 6.93. The van der Waals surface area contributed by atoms with Crippen LogP contribution < -0.4 is 20.1 Å². The van der Waals surface area contributed by atoms with E-state index in [0.29, 0.717) is 12.5 Å². The molecular weight excluding hydrogens is 402 g/mol. The van der Waals surface area contributed by atoms with Crippen LogP contribution in [0.15, 0.2) is 23.2 Å². The molecule has 0 radical (unpaired) electrons. The molecule has 7 nitrogen and oxygen atoms in total. The second kappa shape index (κ2) is 12.9. The van der Waals surface area contributed by atoms with Crippen LogP contribution in [0, 0.1) is 5.92 Å². The molecule has 2 aliphatic rings. The van der Waals surface area contributed by atoms with Crippen molar-refractivity contribution in [1.29, 1.82) is 0 Å². The lowest BCUT2D eigenvalue weighted by atomic mass is 10.1. The van der Waals surface area contributed by atoms with Gasteiger partial charge < -0.3 is 29.9 Å². The lowest BCUT2D eigenvalue weighted by Gasteiger charge is -2.34. The van der Waals surface area contributed by atoms with Crippen LogP contribution in [-0.4, -0.2) is 81.8 Å². The van der Waals surface area contributed by atoms with Crippen molar-refractivity contribution in [2.24, 2.45) is 10.9 Å². The zero-order valence-corrected chi connectivity index (χ0v) is 20.5. The molecule has 32 heavy (non-hydrogen) atoms. The number of ether oxygens (including phenoxy) is 2. The highest BCUT2D eigenvalue weighted by Gasteiger charge is 2.21. The molecule has 1 saturated carbocycles. The standard InChI is InChI=1S/C25H43N5O2/c1-5-26-25(27-17-20(2)19-30-15-13-29(3)14-16-30)28-18-21-9-8-12-23(31-4)24(21)32-22-10-6-7-11-22/h8-9,12,20,22H,5-7,10-11,13-19H2,1-4H3,(H2,26,27,28). The van der Waals surface area contributed by atoms with Gasteiger partial charge in [-0.25, -0.2) is 4.99 Å². The van der Waals surface area contributed by atoms with E-state index in [4.69, 9.17) is 14.5 Å². The molecule has 1 saturated heterocycles. The fourth-order valence-corrected chi connectivity index (χ4v) is 4.47. The Kier molecular flexibility index (Phi) is 9.93. The van der Waals surface area contributed by atoms with Gasteiger partial charge in [0, 0.05) is 51.4 Å². The molecule has 1 unspecified atom stereocenters. The van der Waals surface area contributed by atoms with Gasteiger partial charge in [-0.2, -0.15) is 0 Å². The largest absolute Gasteiger partial charge is 0.493 e. The van der Waals surface area contributed by atoms with Crippen LogP contribution in [0.25, 0.3) is 0 Å². The van der Waals surface area contributed by atoms with Gasteiger partial charge in [0.1, 0.15) is 0 Å². The number of para-hydroxylation sites is 1. The number of methoxy groups -OCH3 is 1. The third-order valence-corrected chi connectivity index (χ3v) is 6.40. The summed E-state index contributed by atoms with van der Waals surface area (Å²) >= 11 is 0. The van der Waals surface area contributed by atoms with Crippen molar-refractivity contribution in [3.05, 3.63) is 23.8 Å². The number of rotatable bonds is 10. The number of guanidine groups is 1. The molecule has 0 aromatic heterocycles. The summed E-state index contributed by atoms with van der Waals surface area (Å²) in [5.41, 5.74) is 1.07. The van der Waals surface area contributed by atoms with Crippen molar-refractivity contribution in [2.45, 2.75) is 52.2 Å². The fraction of sp³-hybridized carbons (Fsp3) is 0.720. The highest BCUT2D eigenvalue weighted by molar-refractivity contribution is 5.79. The van der Waals surface area contributed by atoms with E-state index in [1.165, 1.54) is 12.8 Å². The number of aliphatic imine (C=N–C) groups is 1. The van der Waals surface area contributed by atoms with E-state index in [1.807, 2.05) is 12.1 Å². The Labute approximate surface area is 194 Å². The van der Waals surface area contributed by atoms with Crippen molar-refractivity contribution in [2.75, 3.05) is 60.0 Å². The first-order chi connectivity index (χ1) is 15.6. The van der Waals surface area contributed by atoms with Gasteiger partial charge in [0.2, 0.25) is 0 Å². The van der Waals surface area contributed by atoms with Crippen molar-refractivity contribution < 1.29 is 9.47 Å². The molecule has 1 aliphatic carbocycles. The number of hydrogen-bond donors (Lipinski definition) is 2. The lowest BCUT2D eigenvalue weighted by molar-refractivity contribution is 0.139. The third kappa shape index (κ3) is 7.55. The van der Waals surface area contributed by atoms with Gasteiger partial charge >= 0.3 is 0 Å². The Balaban J connectivity index is 1.58. The minimum absolute atomic E-state index is 0.288. The molecule has 0 amide bonds. The number of nitrogens with zero attached hydrogens (tertiary/aromatic N) is 3. The normalized spacial score (nSPS) is 19.7. The zero-order valence-electron chi connectivity index (χ0n) is 20.5. The van der Waals surface area contributed by atoms with Gasteiger partial charge in [-0.1, -0.05) is 19.1 Å². The number of benzene rings is 1. The summed E-state index contributed by atoms with van der Waals surface area (Å²) in [4.78, 5) is 9.83. The van der Waals surface area contributed by atoms with Crippen LogP contribution in [0.2, 0.25) is 0 Å². The van der Waals surface area contributed by atoms with Gasteiger partial charge in [-0.15, -0.1) is 0 Å². The smallest absolute Gasteiger partial charge is 0.191 e. The number of piperazine rings is 1. The molecule has 0 spiro atoms. The molecule has 0 bridgehead atoms. The Morgan fingerprint density at radius 3 is 2.59 bits per heavy atom. The van der Waals surface area contributed by atoms with Gasteiger partial charge in [0.15, 0.2) is 17.5 Å². The minimum atomic E-state index is 0.288. The van der Waals surface area contributed by atoms with Gasteiger partial charge in [0.25, 0.3) is 0 Å². The molecule has 1 atom stereocenters. The molecular formula is C25H43N5O2. The maximum Gasteiger partial charge on any atom is 0.191 e. The first-order valence-corrected chi connectivity index (χ1v) is 12.3. The van der Waals surface area contributed by atoms with Crippen LogP contribution >= 0.6 is 0 Å². The van der Waals surface area contributed by atoms with Crippen LogP contribution in [0.3, 0.4) is 0 Å². The molecule has 1 aromatic carbocycles. The monoisotopic (exact) mass is 445 g/mol. The Morgan fingerprint density at radius 1 is 1.16 bits per heavy atom. The van der Waals surface area contributed by atoms with Gasteiger partial charge in [-0.3, -0.25) is 0 Å². The molecule has 1 aliphatic heterocycles. The summed E-state index contributed by atoms with van der Waals surface area (Å²) in [7, 11) is 3.91. The highest BCUT2D eigenvalue weighted by Crippen LogP contribution is 2.35. The molecule has 1 heterocycles. The first-order valence-electron chi connectivity index (χ1n) is 12.3. The van der Waals surface area contributed by atoms with E-state index in [1.54, 1.807) is 7.11 Å². The fourth-order valence-electron chi connectivity index (χ4n) is 4.47. The van der Waals surface area contributed by atoms with Gasteiger partial charge in [-0.05, 0) is 51.6 Å². The summed E-state index contributed by atoms with van der Waals surface area (Å²) in [6.07, 6.45) is 5.02. The summed E-state index contributed by atoms with van der Waals surface area (Å²) in [5.74, 6) is 3.06. The predicted molar refractivity (Wildman–Crippen MR) is 132 cm³/mol. The van der Waals surface area contributed by atoms with E-state index >= 15 is 0 Å².